The quantitative estimate of drug-likeness (QED) is 0.479. The molecule has 26 heavy (non-hydrogen) atoms. The molecule has 0 aliphatic rings. The highest BCUT2D eigenvalue weighted by molar-refractivity contribution is 5.89. The third-order valence-electron chi connectivity index (χ3n) is 4.87. The number of hydrogen-bond donors (Lipinski definition) is 0. The highest BCUT2D eigenvalue weighted by Gasteiger charge is 2.26. The predicted molar refractivity (Wildman–Crippen MR) is 107 cm³/mol. The normalized spacial score (nSPS) is 15.7. The second-order valence-electron chi connectivity index (χ2n) is 6.58. The molecule has 0 spiro atoms. The van der Waals surface area contributed by atoms with Crippen LogP contribution in [0.1, 0.15) is 30.6 Å². The van der Waals surface area contributed by atoms with Crippen LogP contribution in [0.15, 0.2) is 55.0 Å². The van der Waals surface area contributed by atoms with Gasteiger partial charge in [-0.3, -0.25) is 4.98 Å². The minimum absolute atomic E-state index is 0.00863. The van der Waals surface area contributed by atoms with Gasteiger partial charge in [0.1, 0.15) is 17.6 Å². The van der Waals surface area contributed by atoms with Crippen molar-refractivity contribution in [2.45, 2.75) is 27.6 Å². The Kier molecular flexibility index (Phi) is 2.56. The van der Waals surface area contributed by atoms with E-state index in [2.05, 4.69) is 4.98 Å². The largest absolute Gasteiger partial charge is 0.294 e. The molecule has 2 aromatic heterocycles. The van der Waals surface area contributed by atoms with Crippen LogP contribution in [0.2, 0.25) is 0 Å². The van der Waals surface area contributed by atoms with Crippen molar-refractivity contribution in [3.05, 3.63) is 77.4 Å². The summed E-state index contributed by atoms with van der Waals surface area (Å²) >= 11 is 0. The van der Waals surface area contributed by atoms with Crippen LogP contribution in [0.4, 0.5) is 0 Å². The maximum Gasteiger partial charge on any atom is 0.294 e. The average molecular weight is 349 g/mol. The number of benzene rings is 2. The second-order valence-corrected chi connectivity index (χ2v) is 6.58. The number of fused-ring (bicyclic) bond motifs is 1. The number of para-hydroxylation sites is 1. The van der Waals surface area contributed by atoms with Gasteiger partial charge in [-0.05, 0) is 54.8 Å². The minimum atomic E-state index is -2.48. The first-order valence-corrected chi connectivity index (χ1v) is 8.47. The van der Waals surface area contributed by atoms with Gasteiger partial charge in [-0.25, -0.2) is 4.57 Å². The van der Waals surface area contributed by atoms with Gasteiger partial charge in [0.25, 0.3) is 5.82 Å². The number of hydrogen-bond acceptors (Lipinski definition) is 1. The standard InChI is InChI=1S/C23H24N3/c1-15-7-6-8-16(2)22(15)26-17(3)14-25(5)23(26)21-10-9-19-13-24-12-11-20(19)18(21)4/h6-14H,1-5H3/q+1/i1D3,2D3. The lowest BCUT2D eigenvalue weighted by atomic mass is 10.0. The van der Waals surface area contributed by atoms with Crippen molar-refractivity contribution in [3.63, 3.8) is 0 Å². The zero-order valence-corrected chi connectivity index (χ0v) is 15.0. The molecule has 2 aromatic carbocycles. The van der Waals surface area contributed by atoms with Crippen molar-refractivity contribution in [2.75, 3.05) is 0 Å². The van der Waals surface area contributed by atoms with Crippen LogP contribution in [0.25, 0.3) is 27.8 Å². The lowest BCUT2D eigenvalue weighted by molar-refractivity contribution is -0.659. The van der Waals surface area contributed by atoms with E-state index in [-0.39, 0.29) is 16.8 Å². The fourth-order valence-electron chi connectivity index (χ4n) is 3.67. The maximum absolute atomic E-state index is 8.09. The van der Waals surface area contributed by atoms with Crippen molar-refractivity contribution in [2.24, 2.45) is 7.05 Å². The summed E-state index contributed by atoms with van der Waals surface area (Å²) in [5.74, 6) is 0.709. The molecule has 0 N–H and O–H groups in total. The van der Waals surface area contributed by atoms with Crippen LogP contribution >= 0.6 is 0 Å². The summed E-state index contributed by atoms with van der Waals surface area (Å²) in [6.45, 7) is -1.10. The first-order chi connectivity index (χ1) is 14.9. The van der Waals surface area contributed by atoms with Gasteiger partial charge in [-0.2, -0.15) is 4.57 Å². The zero-order chi connectivity index (χ0) is 23.4. The molecule has 0 aliphatic heterocycles. The molecule has 0 amide bonds. The molecule has 0 unspecified atom stereocenters. The summed E-state index contributed by atoms with van der Waals surface area (Å²) in [4.78, 5) is 4.19. The van der Waals surface area contributed by atoms with Crippen molar-refractivity contribution >= 4 is 10.8 Å². The molecule has 4 aromatic rings. The predicted octanol–water partition coefficient (Wildman–Crippen LogP) is 4.75. The fourth-order valence-corrected chi connectivity index (χ4v) is 3.67. The van der Waals surface area contributed by atoms with E-state index in [9.17, 15) is 0 Å². The molecule has 130 valence electrons. The van der Waals surface area contributed by atoms with Gasteiger partial charge in [-0.1, -0.05) is 24.3 Å². The summed E-state index contributed by atoms with van der Waals surface area (Å²) in [6, 6.07) is 10.4. The molecule has 0 atom stereocenters. The van der Waals surface area contributed by atoms with Gasteiger partial charge in [0, 0.05) is 32.9 Å². The van der Waals surface area contributed by atoms with Crippen LogP contribution < -0.4 is 4.57 Å². The molecule has 0 aliphatic carbocycles. The summed E-state index contributed by atoms with van der Waals surface area (Å²) in [5, 5.41) is 2.03. The molecule has 0 saturated carbocycles. The number of imidazole rings is 1. The van der Waals surface area contributed by atoms with Crippen LogP contribution in [0, 0.1) is 27.6 Å². The lowest BCUT2D eigenvalue weighted by Crippen LogP contribution is -2.29. The summed E-state index contributed by atoms with van der Waals surface area (Å²) in [5.41, 5.74) is 2.83. The molecule has 0 radical (unpaired) electrons. The van der Waals surface area contributed by atoms with Gasteiger partial charge >= 0.3 is 0 Å². The van der Waals surface area contributed by atoms with E-state index < -0.39 is 13.7 Å². The van der Waals surface area contributed by atoms with E-state index in [4.69, 9.17) is 8.22 Å². The number of nitrogens with zero attached hydrogens (tertiary/aromatic N) is 3. The van der Waals surface area contributed by atoms with Gasteiger partial charge in [0.2, 0.25) is 0 Å². The van der Waals surface area contributed by atoms with Gasteiger partial charge in [0.05, 0.1) is 12.6 Å². The van der Waals surface area contributed by atoms with Crippen molar-refractivity contribution in [1.29, 1.82) is 0 Å². The summed E-state index contributed by atoms with van der Waals surface area (Å²) < 4.78 is 52.2. The third kappa shape index (κ3) is 2.43. The Morgan fingerprint density at radius 2 is 1.81 bits per heavy atom. The zero-order valence-electron chi connectivity index (χ0n) is 21.0. The molecule has 4 rings (SSSR count). The number of rotatable bonds is 2. The van der Waals surface area contributed by atoms with Crippen molar-refractivity contribution in [1.82, 2.24) is 9.55 Å². The molecule has 0 fully saturated rings. The topological polar surface area (TPSA) is 21.7 Å². The Hall–Kier alpha value is -2.94. The van der Waals surface area contributed by atoms with Gasteiger partial charge in [0.15, 0.2) is 0 Å². The Labute approximate surface area is 163 Å². The molecular formula is C23H24N3+. The Morgan fingerprint density at radius 3 is 2.54 bits per heavy atom. The highest BCUT2D eigenvalue weighted by Crippen LogP contribution is 2.31. The maximum atomic E-state index is 8.09. The Bertz CT molecular complexity index is 1300. The van der Waals surface area contributed by atoms with Crippen LogP contribution in [-0.2, 0) is 7.05 Å². The lowest BCUT2D eigenvalue weighted by Gasteiger charge is -2.12. The smallest absolute Gasteiger partial charge is 0.264 e. The minimum Gasteiger partial charge on any atom is -0.264 e. The van der Waals surface area contributed by atoms with E-state index in [1.165, 1.54) is 18.2 Å². The van der Waals surface area contributed by atoms with E-state index >= 15 is 0 Å². The highest BCUT2D eigenvalue weighted by atomic mass is 15.2. The first kappa shape index (κ1) is 10.9. The monoisotopic (exact) mass is 348 g/mol. The molecule has 3 heteroatoms. The van der Waals surface area contributed by atoms with E-state index in [1.54, 1.807) is 17.0 Å². The molecule has 0 bridgehead atoms. The second kappa shape index (κ2) is 6.10. The van der Waals surface area contributed by atoms with Crippen LogP contribution in [0.3, 0.4) is 0 Å². The first-order valence-electron chi connectivity index (χ1n) is 11.5. The van der Waals surface area contributed by atoms with E-state index in [0.29, 0.717) is 5.82 Å². The summed E-state index contributed by atoms with van der Waals surface area (Å²) in [7, 11) is 1.88. The van der Waals surface area contributed by atoms with Crippen molar-refractivity contribution < 1.29 is 12.8 Å². The van der Waals surface area contributed by atoms with Gasteiger partial charge in [-0.15, -0.1) is 0 Å². The molecule has 0 saturated heterocycles. The fraction of sp³-hybridized carbons (Fsp3) is 0.217. The Morgan fingerprint density at radius 1 is 1.04 bits per heavy atom. The van der Waals surface area contributed by atoms with E-state index in [1.807, 2.05) is 49.9 Å². The van der Waals surface area contributed by atoms with E-state index in [0.717, 1.165) is 27.6 Å². The number of pyridine rings is 1. The van der Waals surface area contributed by atoms with Gasteiger partial charge < -0.3 is 0 Å². The third-order valence-corrected chi connectivity index (χ3v) is 4.87. The van der Waals surface area contributed by atoms with Crippen LogP contribution in [-0.4, -0.2) is 9.55 Å². The van der Waals surface area contributed by atoms with Crippen LogP contribution in [0.5, 0.6) is 0 Å². The molecule has 2 heterocycles. The number of aryl methyl sites for hydroxylation is 5. The average Bonchev–Trinajstić information content (AvgIpc) is 3.00. The SMILES string of the molecule is [2H]C([2H])([2H])c1cccc(C([2H])([2H])[2H])c1-n1c(C)c[n+](C)c1-c1ccc2cnccc2c1C. The Balaban J connectivity index is 2.14. The number of aromatic nitrogens is 3. The molecule has 3 nitrogen and oxygen atoms in total. The van der Waals surface area contributed by atoms with Crippen molar-refractivity contribution in [3.8, 4) is 17.1 Å². The summed E-state index contributed by atoms with van der Waals surface area (Å²) in [6.07, 6.45) is 5.41. The molecular weight excluding hydrogens is 318 g/mol.